The van der Waals surface area contributed by atoms with E-state index in [1.165, 1.54) is 25.7 Å². The molecule has 1 amide bonds. The first-order valence-corrected chi connectivity index (χ1v) is 8.65. The molecule has 3 fully saturated rings. The molecule has 5 heteroatoms. The van der Waals surface area contributed by atoms with Crippen LogP contribution in [-0.4, -0.2) is 38.8 Å². The van der Waals surface area contributed by atoms with Crippen molar-refractivity contribution in [2.75, 3.05) is 26.8 Å². The summed E-state index contributed by atoms with van der Waals surface area (Å²) in [5, 5.41) is 6.70. The molecular weight excluding hydrogens is 300 g/mol. The molecule has 4 nitrogen and oxygen atoms in total. The largest absolute Gasteiger partial charge is 0.384 e. The smallest absolute Gasteiger partial charge is 0.228 e. The quantitative estimate of drug-likeness (QED) is 0.813. The molecule has 0 radical (unpaired) electrons. The number of rotatable bonds is 5. The van der Waals surface area contributed by atoms with Crippen molar-refractivity contribution in [3.63, 3.8) is 0 Å². The summed E-state index contributed by atoms with van der Waals surface area (Å²) in [5.41, 5.74) is -0.314. The third-order valence-electron chi connectivity index (χ3n) is 6.26. The molecule has 2 bridgehead atoms. The van der Waals surface area contributed by atoms with Gasteiger partial charge in [0.25, 0.3) is 0 Å². The van der Waals surface area contributed by atoms with Gasteiger partial charge in [-0.15, -0.1) is 12.4 Å². The number of fused-ring (bicyclic) bond motifs is 2. The molecule has 3 aliphatic rings. The second-order valence-corrected chi connectivity index (χ2v) is 7.56. The van der Waals surface area contributed by atoms with Crippen molar-refractivity contribution in [3.8, 4) is 0 Å². The van der Waals surface area contributed by atoms with Crippen LogP contribution >= 0.6 is 12.4 Å². The molecule has 2 saturated carbocycles. The fourth-order valence-corrected chi connectivity index (χ4v) is 4.99. The van der Waals surface area contributed by atoms with Crippen LogP contribution < -0.4 is 10.6 Å². The van der Waals surface area contributed by atoms with E-state index in [9.17, 15) is 4.79 Å². The third-order valence-corrected chi connectivity index (χ3v) is 6.26. The molecule has 0 aromatic carbocycles. The highest BCUT2D eigenvalue weighted by molar-refractivity contribution is 5.85. The Labute approximate surface area is 140 Å². The SMILES string of the molecule is COCC1(C(=O)NC(C)C2CC3CCC2C3)CCNCC1.Cl. The summed E-state index contributed by atoms with van der Waals surface area (Å²) in [4.78, 5) is 12.9. The van der Waals surface area contributed by atoms with E-state index in [1.54, 1.807) is 7.11 Å². The second kappa shape index (κ2) is 7.50. The van der Waals surface area contributed by atoms with E-state index in [0.717, 1.165) is 37.8 Å². The molecule has 2 N–H and O–H groups in total. The maximum Gasteiger partial charge on any atom is 0.228 e. The van der Waals surface area contributed by atoms with Gasteiger partial charge >= 0.3 is 0 Å². The van der Waals surface area contributed by atoms with Gasteiger partial charge < -0.3 is 15.4 Å². The van der Waals surface area contributed by atoms with Crippen LogP contribution in [0.15, 0.2) is 0 Å². The van der Waals surface area contributed by atoms with Gasteiger partial charge in [0.1, 0.15) is 0 Å². The van der Waals surface area contributed by atoms with Crippen LogP contribution in [0.5, 0.6) is 0 Å². The van der Waals surface area contributed by atoms with Gasteiger partial charge in [0.15, 0.2) is 0 Å². The number of carbonyl (C=O) groups excluding carboxylic acids is 1. The fourth-order valence-electron chi connectivity index (χ4n) is 4.99. The maximum atomic E-state index is 12.9. The van der Waals surface area contributed by atoms with Crippen LogP contribution in [0, 0.1) is 23.2 Å². The van der Waals surface area contributed by atoms with Crippen molar-refractivity contribution in [1.29, 1.82) is 0 Å². The Bertz CT molecular complexity index is 379. The Morgan fingerprint density at radius 1 is 1.32 bits per heavy atom. The van der Waals surface area contributed by atoms with Crippen LogP contribution in [-0.2, 0) is 9.53 Å². The van der Waals surface area contributed by atoms with Gasteiger partial charge in [-0.2, -0.15) is 0 Å². The minimum Gasteiger partial charge on any atom is -0.384 e. The summed E-state index contributed by atoms with van der Waals surface area (Å²) in [6.45, 7) is 4.59. The van der Waals surface area contributed by atoms with Crippen molar-refractivity contribution >= 4 is 18.3 Å². The number of hydrogen-bond acceptors (Lipinski definition) is 3. The predicted octanol–water partition coefficient (Wildman–Crippen LogP) is 2.37. The normalized spacial score (nSPS) is 34.0. The van der Waals surface area contributed by atoms with E-state index in [0.29, 0.717) is 18.6 Å². The van der Waals surface area contributed by atoms with Gasteiger partial charge in [-0.3, -0.25) is 4.79 Å². The maximum absolute atomic E-state index is 12.9. The highest BCUT2D eigenvalue weighted by Crippen LogP contribution is 2.49. The van der Waals surface area contributed by atoms with Crippen LogP contribution in [0.25, 0.3) is 0 Å². The van der Waals surface area contributed by atoms with E-state index in [-0.39, 0.29) is 23.7 Å². The first-order chi connectivity index (χ1) is 10.1. The number of amides is 1. The molecule has 1 aliphatic heterocycles. The topological polar surface area (TPSA) is 50.4 Å². The second-order valence-electron chi connectivity index (χ2n) is 7.56. The average Bonchev–Trinajstić information content (AvgIpc) is 3.11. The zero-order valence-electron chi connectivity index (χ0n) is 13.9. The van der Waals surface area contributed by atoms with Crippen LogP contribution in [0.3, 0.4) is 0 Å². The van der Waals surface area contributed by atoms with E-state index >= 15 is 0 Å². The van der Waals surface area contributed by atoms with Crippen molar-refractivity contribution in [2.24, 2.45) is 23.2 Å². The summed E-state index contributed by atoms with van der Waals surface area (Å²) in [5.74, 6) is 2.72. The monoisotopic (exact) mass is 330 g/mol. The zero-order chi connectivity index (χ0) is 14.9. The fraction of sp³-hybridized carbons (Fsp3) is 0.941. The number of nitrogens with one attached hydrogen (secondary N) is 2. The first kappa shape index (κ1) is 18.0. The zero-order valence-corrected chi connectivity index (χ0v) is 14.7. The van der Waals surface area contributed by atoms with Crippen molar-refractivity contribution in [3.05, 3.63) is 0 Å². The number of piperidine rings is 1. The van der Waals surface area contributed by atoms with E-state index in [4.69, 9.17) is 4.74 Å². The highest BCUT2D eigenvalue weighted by Gasteiger charge is 2.44. The number of methoxy groups -OCH3 is 1. The Balaban J connectivity index is 0.00000176. The lowest BCUT2D eigenvalue weighted by Crippen LogP contribution is -2.53. The van der Waals surface area contributed by atoms with Crippen LogP contribution in [0.4, 0.5) is 0 Å². The summed E-state index contributed by atoms with van der Waals surface area (Å²) >= 11 is 0. The number of ether oxygens (including phenoxy) is 1. The number of halogens is 1. The number of hydrogen-bond donors (Lipinski definition) is 2. The molecule has 0 aromatic rings. The summed E-state index contributed by atoms with van der Waals surface area (Å²) in [6, 6.07) is 0.316. The lowest BCUT2D eigenvalue weighted by molar-refractivity contribution is -0.137. The van der Waals surface area contributed by atoms with E-state index < -0.39 is 0 Å². The molecule has 4 unspecified atom stereocenters. The van der Waals surface area contributed by atoms with Gasteiger partial charge in [0, 0.05) is 13.2 Å². The molecule has 128 valence electrons. The van der Waals surface area contributed by atoms with E-state index in [1.807, 2.05) is 0 Å². The third kappa shape index (κ3) is 3.44. The number of carbonyl (C=O) groups is 1. The van der Waals surface area contributed by atoms with Gasteiger partial charge in [-0.1, -0.05) is 6.42 Å². The van der Waals surface area contributed by atoms with Gasteiger partial charge in [-0.05, 0) is 69.9 Å². The van der Waals surface area contributed by atoms with Crippen LogP contribution in [0.2, 0.25) is 0 Å². The van der Waals surface area contributed by atoms with Gasteiger partial charge in [0.05, 0.1) is 12.0 Å². The molecule has 1 saturated heterocycles. The minimum absolute atomic E-state index is 0. The molecular formula is C17H31ClN2O2. The highest BCUT2D eigenvalue weighted by atomic mass is 35.5. The van der Waals surface area contributed by atoms with Crippen molar-refractivity contribution in [1.82, 2.24) is 10.6 Å². The predicted molar refractivity (Wildman–Crippen MR) is 90.2 cm³/mol. The molecule has 2 aliphatic carbocycles. The lowest BCUT2D eigenvalue weighted by atomic mass is 9.77. The molecule has 0 spiro atoms. The van der Waals surface area contributed by atoms with Crippen molar-refractivity contribution in [2.45, 2.75) is 51.5 Å². The minimum atomic E-state index is -0.314. The summed E-state index contributed by atoms with van der Waals surface area (Å²) in [6.07, 6.45) is 7.29. The van der Waals surface area contributed by atoms with Gasteiger partial charge in [0.2, 0.25) is 5.91 Å². The summed E-state index contributed by atoms with van der Waals surface area (Å²) in [7, 11) is 1.70. The molecule has 3 rings (SSSR count). The van der Waals surface area contributed by atoms with Gasteiger partial charge in [-0.25, -0.2) is 0 Å². The Morgan fingerprint density at radius 3 is 2.59 bits per heavy atom. The molecule has 1 heterocycles. The molecule has 0 aromatic heterocycles. The average molecular weight is 331 g/mol. The van der Waals surface area contributed by atoms with Crippen molar-refractivity contribution < 1.29 is 9.53 Å². The first-order valence-electron chi connectivity index (χ1n) is 8.65. The van der Waals surface area contributed by atoms with E-state index in [2.05, 4.69) is 17.6 Å². The summed E-state index contributed by atoms with van der Waals surface area (Å²) < 4.78 is 5.37. The standard InChI is InChI=1S/C17H30N2O2.ClH/c1-12(15-10-13-3-4-14(15)9-13)19-16(20)17(11-21-2)5-7-18-8-6-17;/h12-15,18H,3-11H2,1-2H3,(H,19,20);1H. The molecule has 22 heavy (non-hydrogen) atoms. The van der Waals surface area contributed by atoms with Crippen LogP contribution in [0.1, 0.15) is 45.4 Å². The Hall–Kier alpha value is -0.320. The Morgan fingerprint density at radius 2 is 2.05 bits per heavy atom. The lowest BCUT2D eigenvalue weighted by Gasteiger charge is -2.38. The Kier molecular flexibility index (Phi) is 6.14. The molecule has 4 atom stereocenters.